The number of nitrogens with zero attached hydrogens (tertiary/aromatic N) is 1. The van der Waals surface area contributed by atoms with E-state index in [0.29, 0.717) is 6.42 Å². The van der Waals surface area contributed by atoms with Gasteiger partial charge in [-0.3, -0.25) is 14.5 Å². The lowest BCUT2D eigenvalue weighted by Gasteiger charge is -2.18. The normalized spacial score (nSPS) is 21.8. The van der Waals surface area contributed by atoms with Crippen LogP contribution in [0.2, 0.25) is 0 Å². The highest BCUT2D eigenvalue weighted by molar-refractivity contribution is 6.00. The first-order chi connectivity index (χ1) is 6.07. The topological polar surface area (TPSA) is 63.7 Å². The van der Waals surface area contributed by atoms with Crippen LogP contribution in [-0.4, -0.2) is 35.8 Å². The fourth-order valence-electron chi connectivity index (χ4n) is 1.44. The first-order valence-corrected chi connectivity index (χ1v) is 3.98. The van der Waals surface area contributed by atoms with Gasteiger partial charge >= 0.3 is 5.97 Å². The molecule has 2 amide bonds. The van der Waals surface area contributed by atoms with Gasteiger partial charge in [0.2, 0.25) is 11.8 Å². The monoisotopic (exact) mass is 185 g/mol. The van der Waals surface area contributed by atoms with E-state index in [0.717, 1.165) is 4.90 Å². The average Bonchev–Trinajstić information content (AvgIpc) is 2.45. The summed E-state index contributed by atoms with van der Waals surface area (Å²) in [6.07, 6.45) is 0.602. The Labute approximate surface area is 75.6 Å². The van der Waals surface area contributed by atoms with Crippen LogP contribution in [-0.2, 0) is 19.1 Å². The molecule has 0 saturated carbocycles. The Kier molecular flexibility index (Phi) is 2.65. The molecule has 0 unspecified atom stereocenters. The Morgan fingerprint density at radius 1 is 1.54 bits per heavy atom. The van der Waals surface area contributed by atoms with Crippen LogP contribution in [0.3, 0.4) is 0 Å². The number of hydrogen-bond donors (Lipinski definition) is 0. The SMILES string of the molecule is COC(=O)[C@@H]1CCC(=O)N1C(C)=O. The minimum atomic E-state index is -0.713. The summed E-state index contributed by atoms with van der Waals surface area (Å²) in [7, 11) is 1.24. The predicted molar refractivity (Wildman–Crippen MR) is 42.6 cm³/mol. The average molecular weight is 185 g/mol. The molecule has 1 atom stereocenters. The van der Waals surface area contributed by atoms with Gasteiger partial charge in [0.25, 0.3) is 0 Å². The summed E-state index contributed by atoms with van der Waals surface area (Å²) in [5.41, 5.74) is 0. The summed E-state index contributed by atoms with van der Waals surface area (Å²) < 4.78 is 4.48. The molecule has 5 nitrogen and oxygen atoms in total. The molecule has 5 heteroatoms. The molecule has 13 heavy (non-hydrogen) atoms. The molecule has 1 heterocycles. The summed E-state index contributed by atoms with van der Waals surface area (Å²) in [4.78, 5) is 34.2. The number of amides is 2. The Hall–Kier alpha value is -1.39. The molecular weight excluding hydrogens is 174 g/mol. The van der Waals surface area contributed by atoms with Crippen LogP contribution in [0.15, 0.2) is 0 Å². The fraction of sp³-hybridized carbons (Fsp3) is 0.625. The van der Waals surface area contributed by atoms with Crippen molar-refractivity contribution in [1.82, 2.24) is 4.90 Å². The van der Waals surface area contributed by atoms with E-state index in [4.69, 9.17) is 0 Å². The molecule has 72 valence electrons. The summed E-state index contributed by atoms with van der Waals surface area (Å²) in [5, 5.41) is 0. The van der Waals surface area contributed by atoms with Crippen LogP contribution in [0.4, 0.5) is 0 Å². The second kappa shape index (κ2) is 3.55. The molecule has 1 aliphatic rings. The molecule has 0 aromatic carbocycles. The summed E-state index contributed by atoms with van der Waals surface area (Å²) >= 11 is 0. The number of ether oxygens (including phenoxy) is 1. The number of likely N-dealkylation sites (tertiary alicyclic amines) is 1. The minimum Gasteiger partial charge on any atom is -0.467 e. The highest BCUT2D eigenvalue weighted by atomic mass is 16.5. The van der Waals surface area contributed by atoms with Gasteiger partial charge in [-0.15, -0.1) is 0 Å². The number of carbonyl (C=O) groups excluding carboxylic acids is 3. The van der Waals surface area contributed by atoms with Crippen molar-refractivity contribution in [3.8, 4) is 0 Å². The molecule has 0 bridgehead atoms. The third-order valence-corrected chi connectivity index (χ3v) is 2.02. The third-order valence-electron chi connectivity index (χ3n) is 2.02. The van der Waals surface area contributed by atoms with E-state index in [9.17, 15) is 14.4 Å². The molecular formula is C8H11NO4. The molecule has 0 aliphatic carbocycles. The van der Waals surface area contributed by atoms with Crippen LogP contribution in [0.5, 0.6) is 0 Å². The van der Waals surface area contributed by atoms with Crippen molar-refractivity contribution in [1.29, 1.82) is 0 Å². The van der Waals surface area contributed by atoms with Crippen LogP contribution >= 0.6 is 0 Å². The molecule has 1 saturated heterocycles. The van der Waals surface area contributed by atoms with E-state index in [1.54, 1.807) is 0 Å². The van der Waals surface area contributed by atoms with Gasteiger partial charge in [0.05, 0.1) is 7.11 Å². The summed E-state index contributed by atoms with van der Waals surface area (Å²) in [5.74, 6) is -1.23. The lowest BCUT2D eigenvalue weighted by atomic mass is 10.2. The van der Waals surface area contributed by atoms with Crippen molar-refractivity contribution in [3.05, 3.63) is 0 Å². The number of hydrogen-bond acceptors (Lipinski definition) is 4. The Morgan fingerprint density at radius 2 is 2.15 bits per heavy atom. The van der Waals surface area contributed by atoms with Crippen LogP contribution in [0.25, 0.3) is 0 Å². The van der Waals surface area contributed by atoms with Crippen molar-refractivity contribution < 1.29 is 19.1 Å². The van der Waals surface area contributed by atoms with Gasteiger partial charge < -0.3 is 4.74 Å². The molecule has 0 radical (unpaired) electrons. The maximum atomic E-state index is 11.1. The third kappa shape index (κ3) is 1.68. The maximum Gasteiger partial charge on any atom is 0.329 e. The molecule has 1 fully saturated rings. The molecule has 1 rings (SSSR count). The van der Waals surface area contributed by atoms with Gasteiger partial charge in [0, 0.05) is 13.3 Å². The van der Waals surface area contributed by atoms with Crippen molar-refractivity contribution in [2.75, 3.05) is 7.11 Å². The van der Waals surface area contributed by atoms with Crippen LogP contribution in [0.1, 0.15) is 19.8 Å². The molecule has 0 aromatic heterocycles. The number of carbonyl (C=O) groups is 3. The van der Waals surface area contributed by atoms with Crippen LogP contribution < -0.4 is 0 Å². The zero-order valence-corrected chi connectivity index (χ0v) is 7.57. The zero-order chi connectivity index (χ0) is 10.0. The largest absolute Gasteiger partial charge is 0.467 e. The van der Waals surface area contributed by atoms with E-state index in [1.165, 1.54) is 14.0 Å². The lowest BCUT2D eigenvalue weighted by Crippen LogP contribution is -2.42. The van der Waals surface area contributed by atoms with Crippen molar-refractivity contribution in [3.63, 3.8) is 0 Å². The fourth-order valence-corrected chi connectivity index (χ4v) is 1.44. The predicted octanol–water partition coefficient (Wildman–Crippen LogP) is -0.303. The van der Waals surface area contributed by atoms with Crippen molar-refractivity contribution in [2.24, 2.45) is 0 Å². The highest BCUT2D eigenvalue weighted by Gasteiger charge is 2.39. The zero-order valence-electron chi connectivity index (χ0n) is 7.57. The number of methoxy groups -OCH3 is 1. The van der Waals surface area contributed by atoms with E-state index in [2.05, 4.69) is 4.74 Å². The van der Waals surface area contributed by atoms with Crippen molar-refractivity contribution >= 4 is 17.8 Å². The van der Waals surface area contributed by atoms with Gasteiger partial charge in [-0.2, -0.15) is 0 Å². The van der Waals surface area contributed by atoms with Gasteiger partial charge in [-0.25, -0.2) is 4.79 Å². The molecule has 1 aliphatic heterocycles. The van der Waals surface area contributed by atoms with Gasteiger partial charge in [-0.05, 0) is 6.42 Å². The van der Waals surface area contributed by atoms with Gasteiger partial charge in [-0.1, -0.05) is 0 Å². The van der Waals surface area contributed by atoms with Crippen molar-refractivity contribution in [2.45, 2.75) is 25.8 Å². The minimum absolute atomic E-state index is 0.235. The second-order valence-electron chi connectivity index (χ2n) is 2.86. The van der Waals surface area contributed by atoms with E-state index >= 15 is 0 Å². The van der Waals surface area contributed by atoms with E-state index in [-0.39, 0.29) is 12.3 Å². The smallest absolute Gasteiger partial charge is 0.329 e. The van der Waals surface area contributed by atoms with Gasteiger partial charge in [0.15, 0.2) is 0 Å². The molecule has 0 spiro atoms. The Bertz CT molecular complexity index is 261. The van der Waals surface area contributed by atoms with E-state index < -0.39 is 17.9 Å². The summed E-state index contributed by atoms with van der Waals surface area (Å²) in [6.45, 7) is 1.26. The standard InChI is InChI=1S/C8H11NO4/c1-5(10)9-6(8(12)13-2)3-4-7(9)11/h6H,3-4H2,1-2H3/t6-/m0/s1. The summed E-state index contributed by atoms with van der Waals surface area (Å²) in [6, 6.07) is -0.713. The number of rotatable bonds is 1. The molecule has 0 N–H and O–H groups in total. The maximum absolute atomic E-state index is 11.1. The Morgan fingerprint density at radius 3 is 2.62 bits per heavy atom. The van der Waals surface area contributed by atoms with Crippen LogP contribution in [0, 0.1) is 0 Å². The molecule has 0 aromatic rings. The Balaban J connectivity index is 2.81. The lowest BCUT2D eigenvalue weighted by molar-refractivity contribution is -0.155. The highest BCUT2D eigenvalue weighted by Crippen LogP contribution is 2.19. The van der Waals surface area contributed by atoms with Gasteiger partial charge in [0.1, 0.15) is 6.04 Å². The second-order valence-corrected chi connectivity index (χ2v) is 2.86. The van der Waals surface area contributed by atoms with E-state index in [1.807, 2.05) is 0 Å². The first-order valence-electron chi connectivity index (χ1n) is 3.98. The first kappa shape index (κ1) is 9.70. The quantitative estimate of drug-likeness (QED) is 0.526. The number of imide groups is 1. The number of esters is 1.